The van der Waals surface area contributed by atoms with E-state index in [0.717, 1.165) is 32.2 Å². The second kappa shape index (κ2) is 5.93. The zero-order valence-corrected chi connectivity index (χ0v) is 11.8. The molecule has 0 atom stereocenters. The number of ether oxygens (including phenoxy) is 1. The Balaban J connectivity index is 1.96. The summed E-state index contributed by atoms with van der Waals surface area (Å²) in [5.41, 5.74) is 2.97. The first-order valence-corrected chi connectivity index (χ1v) is 6.51. The molecule has 19 heavy (non-hydrogen) atoms. The maximum Gasteiger partial charge on any atom is 0.183 e. The summed E-state index contributed by atoms with van der Waals surface area (Å²) in [7, 11) is 0. The first kappa shape index (κ1) is 13.7. The normalized spacial score (nSPS) is 10.5. The zero-order valence-electron chi connectivity index (χ0n) is 11.0. The molecule has 0 amide bonds. The first-order chi connectivity index (χ1) is 9.06. The minimum absolute atomic E-state index is 0.532. The van der Waals surface area contributed by atoms with E-state index in [1.165, 1.54) is 6.20 Å². The van der Waals surface area contributed by atoms with Crippen molar-refractivity contribution in [2.75, 3.05) is 6.61 Å². The van der Waals surface area contributed by atoms with Gasteiger partial charge in [-0.15, -0.1) is 0 Å². The predicted octanol–water partition coefficient (Wildman–Crippen LogP) is 3.21. The van der Waals surface area contributed by atoms with Crippen LogP contribution in [-0.4, -0.2) is 6.61 Å². The Morgan fingerprint density at radius 2 is 1.95 bits per heavy atom. The molecule has 2 aromatic rings. The van der Waals surface area contributed by atoms with Crippen LogP contribution in [0.2, 0.25) is 5.02 Å². The van der Waals surface area contributed by atoms with Crippen molar-refractivity contribution < 1.29 is 9.47 Å². The molecule has 0 radical (unpaired) electrons. The Bertz CT molecular complexity index is 561. The molecule has 0 spiro atoms. The van der Waals surface area contributed by atoms with Gasteiger partial charge in [0.25, 0.3) is 0 Å². The van der Waals surface area contributed by atoms with Crippen LogP contribution in [0.4, 0.5) is 0 Å². The minimum atomic E-state index is 0.532. The van der Waals surface area contributed by atoms with Crippen molar-refractivity contribution in [3.63, 3.8) is 0 Å². The molecule has 3 nitrogen and oxygen atoms in total. The van der Waals surface area contributed by atoms with Crippen molar-refractivity contribution in [1.82, 2.24) is 0 Å². The topological polar surface area (TPSA) is 36.2 Å². The molecule has 0 N–H and O–H groups in total. The maximum absolute atomic E-state index is 11.1. The molecule has 1 aromatic heterocycles. The smallest absolute Gasteiger partial charge is 0.183 e. The summed E-state index contributed by atoms with van der Waals surface area (Å²) >= 11 is 6.10. The summed E-state index contributed by atoms with van der Waals surface area (Å²) in [4.78, 5) is 0. The highest BCUT2D eigenvalue weighted by atomic mass is 35.5. The Hall–Kier alpha value is -1.74. The third kappa shape index (κ3) is 3.61. The summed E-state index contributed by atoms with van der Waals surface area (Å²) < 4.78 is 6.49. The van der Waals surface area contributed by atoms with E-state index >= 15 is 0 Å². The lowest BCUT2D eigenvalue weighted by molar-refractivity contribution is -0.605. The second-order valence-corrected chi connectivity index (χ2v) is 4.92. The van der Waals surface area contributed by atoms with Crippen LogP contribution < -0.4 is 9.47 Å². The highest BCUT2D eigenvalue weighted by Gasteiger charge is 2.04. The Labute approximate surface area is 118 Å². The van der Waals surface area contributed by atoms with Crippen molar-refractivity contribution in [3.8, 4) is 5.75 Å². The zero-order chi connectivity index (χ0) is 13.8. The molecule has 100 valence electrons. The Kier molecular flexibility index (Phi) is 4.27. The van der Waals surface area contributed by atoms with Gasteiger partial charge in [-0.05, 0) is 43.2 Å². The molecule has 0 aliphatic rings. The van der Waals surface area contributed by atoms with Crippen molar-refractivity contribution >= 4 is 11.6 Å². The SMILES string of the molecule is Cc1cc(OCCc2ccc[n+]([O-])c2)cc(C)c1Cl. The molecule has 0 saturated carbocycles. The molecular formula is C15H16ClNO2. The number of nitrogens with zero attached hydrogens (tertiary/aromatic N) is 1. The molecule has 2 rings (SSSR count). The number of aromatic nitrogens is 1. The fraction of sp³-hybridized carbons (Fsp3) is 0.267. The van der Waals surface area contributed by atoms with E-state index in [0.29, 0.717) is 13.0 Å². The Morgan fingerprint density at radius 1 is 1.26 bits per heavy atom. The van der Waals surface area contributed by atoms with Crippen molar-refractivity contribution in [2.45, 2.75) is 20.3 Å². The second-order valence-electron chi connectivity index (χ2n) is 4.54. The number of hydrogen-bond donors (Lipinski definition) is 0. The molecule has 0 fully saturated rings. The standard InChI is InChI=1S/C15H16ClNO2/c1-11-8-14(9-12(2)15(11)16)19-7-5-13-4-3-6-17(18)10-13/h3-4,6,8-10H,5,7H2,1-2H3. The van der Waals surface area contributed by atoms with E-state index in [1.54, 1.807) is 12.3 Å². The van der Waals surface area contributed by atoms with E-state index in [1.807, 2.05) is 32.0 Å². The van der Waals surface area contributed by atoms with E-state index in [-0.39, 0.29) is 0 Å². The molecule has 4 heteroatoms. The lowest BCUT2D eigenvalue weighted by Gasteiger charge is -2.09. The summed E-state index contributed by atoms with van der Waals surface area (Å²) in [6, 6.07) is 7.50. The number of rotatable bonds is 4. The average molecular weight is 278 g/mol. The van der Waals surface area contributed by atoms with Gasteiger partial charge in [-0.3, -0.25) is 0 Å². The van der Waals surface area contributed by atoms with Gasteiger partial charge >= 0.3 is 0 Å². The average Bonchev–Trinajstić information content (AvgIpc) is 2.36. The van der Waals surface area contributed by atoms with Gasteiger partial charge in [0.15, 0.2) is 12.4 Å². The van der Waals surface area contributed by atoms with Gasteiger partial charge in [-0.2, -0.15) is 4.73 Å². The summed E-state index contributed by atoms with van der Waals surface area (Å²) in [5.74, 6) is 0.810. The molecule has 1 aromatic carbocycles. The molecule has 1 heterocycles. The maximum atomic E-state index is 11.1. The van der Waals surface area contributed by atoms with Crippen LogP contribution in [0.25, 0.3) is 0 Å². The van der Waals surface area contributed by atoms with Gasteiger partial charge in [0.1, 0.15) is 5.75 Å². The van der Waals surface area contributed by atoms with E-state index in [2.05, 4.69) is 0 Å². The third-order valence-corrected chi connectivity index (χ3v) is 3.50. The lowest BCUT2D eigenvalue weighted by Crippen LogP contribution is -2.25. The summed E-state index contributed by atoms with van der Waals surface area (Å²) in [6.07, 6.45) is 3.72. The quantitative estimate of drug-likeness (QED) is 0.635. The number of pyridine rings is 1. The number of halogens is 1. The van der Waals surface area contributed by atoms with Crippen LogP contribution >= 0.6 is 11.6 Å². The van der Waals surface area contributed by atoms with Crippen molar-refractivity contribution in [3.05, 3.63) is 63.6 Å². The van der Waals surface area contributed by atoms with Crippen LogP contribution in [0.3, 0.4) is 0 Å². The van der Waals surface area contributed by atoms with E-state index in [4.69, 9.17) is 16.3 Å². The Morgan fingerprint density at radius 3 is 2.58 bits per heavy atom. The fourth-order valence-electron chi connectivity index (χ4n) is 1.93. The van der Waals surface area contributed by atoms with E-state index in [9.17, 15) is 5.21 Å². The van der Waals surface area contributed by atoms with Gasteiger partial charge in [0.2, 0.25) is 0 Å². The van der Waals surface area contributed by atoms with E-state index < -0.39 is 0 Å². The summed E-state index contributed by atoms with van der Waals surface area (Å²) in [6.45, 7) is 4.45. The van der Waals surface area contributed by atoms with Crippen molar-refractivity contribution in [1.29, 1.82) is 0 Å². The van der Waals surface area contributed by atoms with Crippen LogP contribution in [0.15, 0.2) is 36.7 Å². The molecule has 0 bridgehead atoms. The largest absolute Gasteiger partial charge is 0.619 e. The monoisotopic (exact) mass is 277 g/mol. The van der Waals surface area contributed by atoms with Gasteiger partial charge in [0.05, 0.1) is 6.61 Å². The summed E-state index contributed by atoms with van der Waals surface area (Å²) in [5, 5.41) is 11.9. The molecular weight excluding hydrogens is 262 g/mol. The molecule has 0 unspecified atom stereocenters. The van der Waals surface area contributed by atoms with Crippen LogP contribution in [-0.2, 0) is 6.42 Å². The molecule has 0 aliphatic heterocycles. The predicted molar refractivity (Wildman–Crippen MR) is 75.5 cm³/mol. The first-order valence-electron chi connectivity index (χ1n) is 6.13. The number of aryl methyl sites for hydroxylation is 2. The number of benzene rings is 1. The van der Waals surface area contributed by atoms with Crippen molar-refractivity contribution in [2.24, 2.45) is 0 Å². The molecule has 0 saturated heterocycles. The lowest BCUT2D eigenvalue weighted by atomic mass is 10.1. The van der Waals surface area contributed by atoms with Crippen LogP contribution in [0.5, 0.6) is 5.75 Å². The molecule has 0 aliphatic carbocycles. The van der Waals surface area contributed by atoms with Gasteiger partial charge < -0.3 is 9.94 Å². The minimum Gasteiger partial charge on any atom is -0.619 e. The number of hydrogen-bond acceptors (Lipinski definition) is 2. The van der Waals surface area contributed by atoms with Gasteiger partial charge in [0, 0.05) is 23.1 Å². The van der Waals surface area contributed by atoms with Crippen LogP contribution in [0.1, 0.15) is 16.7 Å². The third-order valence-electron chi connectivity index (χ3n) is 2.91. The fourth-order valence-corrected chi connectivity index (χ4v) is 2.03. The highest BCUT2D eigenvalue weighted by Crippen LogP contribution is 2.25. The van der Waals surface area contributed by atoms with Gasteiger partial charge in [-0.1, -0.05) is 11.6 Å². The van der Waals surface area contributed by atoms with Gasteiger partial charge in [-0.25, -0.2) is 0 Å². The van der Waals surface area contributed by atoms with Crippen LogP contribution in [0, 0.1) is 19.1 Å². The highest BCUT2D eigenvalue weighted by molar-refractivity contribution is 6.32.